The molecule has 0 aromatic carbocycles. The Bertz CT molecular complexity index is 320. The number of aliphatic hydroxyl groups is 2. The lowest BCUT2D eigenvalue weighted by Gasteiger charge is -2.27. The molecule has 3 N–H and O–H groups in total. The molecule has 22 heavy (non-hydrogen) atoms. The van der Waals surface area contributed by atoms with Gasteiger partial charge in [0.05, 0.1) is 18.8 Å². The molecule has 0 saturated heterocycles. The van der Waals surface area contributed by atoms with Crippen LogP contribution in [0.1, 0.15) is 77.0 Å². The number of amides is 1. The van der Waals surface area contributed by atoms with Gasteiger partial charge in [-0.15, -0.1) is 0 Å². The van der Waals surface area contributed by atoms with Gasteiger partial charge in [-0.3, -0.25) is 4.79 Å². The van der Waals surface area contributed by atoms with Crippen molar-refractivity contribution in [1.82, 2.24) is 5.32 Å². The van der Waals surface area contributed by atoms with Gasteiger partial charge < -0.3 is 15.5 Å². The first-order valence-electron chi connectivity index (χ1n) is 9.25. The second-order valence-corrected chi connectivity index (χ2v) is 7.40. The van der Waals surface area contributed by atoms with Crippen molar-refractivity contribution in [2.45, 2.75) is 89.2 Å². The van der Waals surface area contributed by atoms with Crippen LogP contribution in [0.2, 0.25) is 0 Å². The Hall–Kier alpha value is -0.610. The minimum Gasteiger partial charge on any atom is -0.394 e. The van der Waals surface area contributed by atoms with Crippen LogP contribution in [-0.4, -0.2) is 34.9 Å². The van der Waals surface area contributed by atoms with Gasteiger partial charge in [0.2, 0.25) is 5.91 Å². The third-order valence-corrected chi connectivity index (χ3v) is 5.52. The van der Waals surface area contributed by atoms with Crippen molar-refractivity contribution in [3.05, 3.63) is 0 Å². The summed E-state index contributed by atoms with van der Waals surface area (Å²) in [4.78, 5) is 12.1. The van der Waals surface area contributed by atoms with Gasteiger partial charge in [-0.1, -0.05) is 32.1 Å². The molecule has 0 bridgehead atoms. The van der Waals surface area contributed by atoms with Gasteiger partial charge in [0, 0.05) is 6.42 Å². The van der Waals surface area contributed by atoms with Crippen molar-refractivity contribution in [3.8, 4) is 0 Å². The van der Waals surface area contributed by atoms with Crippen molar-refractivity contribution in [2.75, 3.05) is 6.61 Å². The van der Waals surface area contributed by atoms with Crippen LogP contribution in [0.4, 0.5) is 0 Å². The molecule has 2 aliphatic rings. The third-order valence-electron chi connectivity index (χ3n) is 5.52. The van der Waals surface area contributed by atoms with Crippen LogP contribution in [0.15, 0.2) is 0 Å². The molecule has 0 heterocycles. The molecule has 4 heteroatoms. The molecular weight excluding hydrogens is 278 g/mol. The van der Waals surface area contributed by atoms with Crippen molar-refractivity contribution in [1.29, 1.82) is 0 Å². The fourth-order valence-electron chi connectivity index (χ4n) is 4.07. The smallest absolute Gasteiger partial charge is 0.220 e. The molecule has 0 unspecified atom stereocenters. The number of hydrogen-bond acceptors (Lipinski definition) is 3. The SMILES string of the molecule is O=C(CCC1CCC(O)CC1)N[C@H](CO)CC1CCCCC1. The van der Waals surface area contributed by atoms with Crippen LogP contribution in [0.3, 0.4) is 0 Å². The van der Waals surface area contributed by atoms with Gasteiger partial charge in [0.25, 0.3) is 0 Å². The summed E-state index contributed by atoms with van der Waals surface area (Å²) in [6, 6.07) is -0.0659. The summed E-state index contributed by atoms with van der Waals surface area (Å²) >= 11 is 0. The molecule has 2 aliphatic carbocycles. The molecule has 0 radical (unpaired) electrons. The largest absolute Gasteiger partial charge is 0.394 e. The van der Waals surface area contributed by atoms with Gasteiger partial charge in [0.15, 0.2) is 0 Å². The van der Waals surface area contributed by atoms with Gasteiger partial charge >= 0.3 is 0 Å². The molecule has 0 aromatic heterocycles. The highest BCUT2D eigenvalue weighted by molar-refractivity contribution is 5.76. The average Bonchev–Trinajstić information content (AvgIpc) is 2.54. The maximum atomic E-state index is 12.1. The molecule has 0 aromatic rings. The fourth-order valence-corrected chi connectivity index (χ4v) is 4.07. The quantitative estimate of drug-likeness (QED) is 0.677. The monoisotopic (exact) mass is 311 g/mol. The van der Waals surface area contributed by atoms with Crippen molar-refractivity contribution in [2.24, 2.45) is 11.8 Å². The lowest BCUT2D eigenvalue weighted by Crippen LogP contribution is -2.39. The summed E-state index contributed by atoms with van der Waals surface area (Å²) in [6.45, 7) is 0.0534. The van der Waals surface area contributed by atoms with E-state index >= 15 is 0 Å². The maximum Gasteiger partial charge on any atom is 0.220 e. The Labute approximate surface area is 134 Å². The molecule has 1 atom stereocenters. The summed E-state index contributed by atoms with van der Waals surface area (Å²) in [5.41, 5.74) is 0. The average molecular weight is 311 g/mol. The van der Waals surface area contributed by atoms with E-state index in [1.165, 1.54) is 32.1 Å². The van der Waals surface area contributed by atoms with E-state index in [-0.39, 0.29) is 24.7 Å². The molecule has 2 fully saturated rings. The van der Waals surface area contributed by atoms with Gasteiger partial charge in [-0.2, -0.15) is 0 Å². The van der Waals surface area contributed by atoms with Crippen LogP contribution in [0.25, 0.3) is 0 Å². The Morgan fingerprint density at radius 1 is 1.00 bits per heavy atom. The van der Waals surface area contributed by atoms with Gasteiger partial charge in [-0.25, -0.2) is 0 Å². The molecule has 4 nitrogen and oxygen atoms in total. The predicted molar refractivity (Wildman–Crippen MR) is 87.4 cm³/mol. The zero-order chi connectivity index (χ0) is 15.8. The van der Waals surface area contributed by atoms with Crippen LogP contribution >= 0.6 is 0 Å². The lowest BCUT2D eigenvalue weighted by molar-refractivity contribution is -0.122. The fraction of sp³-hybridized carbons (Fsp3) is 0.944. The molecule has 128 valence electrons. The van der Waals surface area contributed by atoms with Crippen LogP contribution in [-0.2, 0) is 4.79 Å². The van der Waals surface area contributed by atoms with E-state index in [9.17, 15) is 15.0 Å². The standard InChI is InChI=1S/C18H33NO3/c20-13-16(12-15-4-2-1-3-5-15)19-18(22)11-8-14-6-9-17(21)10-7-14/h14-17,20-21H,1-13H2,(H,19,22)/t14?,16-,17?/m0/s1. The number of rotatable bonds is 7. The Balaban J connectivity index is 1.63. The number of nitrogens with one attached hydrogen (secondary N) is 1. The second kappa shape index (κ2) is 9.51. The summed E-state index contributed by atoms with van der Waals surface area (Å²) in [7, 11) is 0. The van der Waals surface area contributed by atoms with E-state index in [1.54, 1.807) is 0 Å². The first-order valence-corrected chi connectivity index (χ1v) is 9.25. The van der Waals surface area contributed by atoms with E-state index < -0.39 is 0 Å². The van der Waals surface area contributed by atoms with Crippen LogP contribution in [0.5, 0.6) is 0 Å². The molecule has 2 rings (SSSR count). The van der Waals surface area contributed by atoms with Gasteiger partial charge in [0.1, 0.15) is 0 Å². The first kappa shape index (κ1) is 17.7. The molecule has 2 saturated carbocycles. The molecular formula is C18H33NO3. The number of carbonyl (C=O) groups is 1. The third kappa shape index (κ3) is 6.25. The van der Waals surface area contributed by atoms with E-state index in [0.29, 0.717) is 18.3 Å². The topological polar surface area (TPSA) is 69.6 Å². The van der Waals surface area contributed by atoms with E-state index in [4.69, 9.17) is 0 Å². The highest BCUT2D eigenvalue weighted by Gasteiger charge is 2.22. The number of hydrogen-bond donors (Lipinski definition) is 3. The first-order chi connectivity index (χ1) is 10.7. The zero-order valence-corrected chi connectivity index (χ0v) is 13.8. The van der Waals surface area contributed by atoms with Crippen molar-refractivity contribution in [3.63, 3.8) is 0 Å². The zero-order valence-electron chi connectivity index (χ0n) is 13.8. The predicted octanol–water partition coefficient (Wildman–Crippen LogP) is 2.77. The van der Waals surface area contributed by atoms with E-state index in [0.717, 1.165) is 38.5 Å². The van der Waals surface area contributed by atoms with Crippen LogP contribution < -0.4 is 5.32 Å². The van der Waals surface area contributed by atoms with Crippen molar-refractivity contribution < 1.29 is 15.0 Å². The Morgan fingerprint density at radius 3 is 2.32 bits per heavy atom. The van der Waals surface area contributed by atoms with Crippen LogP contribution in [0, 0.1) is 11.8 Å². The summed E-state index contributed by atoms with van der Waals surface area (Å²) in [5, 5.41) is 22.0. The van der Waals surface area contributed by atoms with E-state index in [2.05, 4.69) is 5.32 Å². The normalized spacial score (nSPS) is 28.3. The molecule has 0 spiro atoms. The van der Waals surface area contributed by atoms with Crippen molar-refractivity contribution >= 4 is 5.91 Å². The lowest BCUT2D eigenvalue weighted by atomic mass is 9.84. The number of carbonyl (C=O) groups excluding carboxylic acids is 1. The number of aliphatic hydroxyl groups excluding tert-OH is 2. The summed E-state index contributed by atoms with van der Waals surface area (Å²) < 4.78 is 0. The summed E-state index contributed by atoms with van der Waals surface area (Å²) in [5.74, 6) is 1.34. The second-order valence-electron chi connectivity index (χ2n) is 7.40. The maximum absolute atomic E-state index is 12.1. The van der Waals surface area contributed by atoms with Gasteiger partial charge in [-0.05, 0) is 50.4 Å². The summed E-state index contributed by atoms with van der Waals surface area (Å²) in [6.07, 6.45) is 12.5. The Kier molecular flexibility index (Phi) is 7.67. The highest BCUT2D eigenvalue weighted by atomic mass is 16.3. The molecule has 1 amide bonds. The Morgan fingerprint density at radius 2 is 1.68 bits per heavy atom. The minimum absolute atomic E-state index is 0.0534. The minimum atomic E-state index is -0.126. The molecule has 0 aliphatic heterocycles. The highest BCUT2D eigenvalue weighted by Crippen LogP contribution is 2.28. The van der Waals surface area contributed by atoms with E-state index in [1.807, 2.05) is 0 Å².